The Morgan fingerprint density at radius 3 is 3.00 bits per heavy atom. The van der Waals surface area contributed by atoms with E-state index < -0.39 is 0 Å². The first-order valence-electron chi connectivity index (χ1n) is 8.95. The monoisotopic (exact) mass is 343 g/mol. The predicted molar refractivity (Wildman–Crippen MR) is 91.8 cm³/mol. The Morgan fingerprint density at radius 2 is 2.32 bits per heavy atom. The van der Waals surface area contributed by atoms with E-state index in [1.54, 1.807) is 12.1 Å². The molecule has 0 saturated carbocycles. The van der Waals surface area contributed by atoms with Crippen molar-refractivity contribution in [1.29, 1.82) is 5.26 Å². The molecule has 2 aliphatic rings. The molecule has 3 heterocycles. The third-order valence-corrected chi connectivity index (χ3v) is 4.98. The van der Waals surface area contributed by atoms with Gasteiger partial charge >= 0.3 is 0 Å². The fourth-order valence-corrected chi connectivity index (χ4v) is 3.62. The molecule has 0 N–H and O–H groups in total. The molecule has 0 radical (unpaired) electrons. The van der Waals surface area contributed by atoms with E-state index in [9.17, 15) is 4.79 Å². The average molecular weight is 343 g/mol. The van der Waals surface area contributed by atoms with Crippen LogP contribution in [0, 0.1) is 29.1 Å². The van der Waals surface area contributed by atoms with Crippen molar-refractivity contribution in [2.75, 3.05) is 26.3 Å². The molecular formula is C19H25N3O3. The predicted octanol–water partition coefficient (Wildman–Crippen LogP) is 2.24. The first-order chi connectivity index (χ1) is 12.1. The highest BCUT2D eigenvalue weighted by molar-refractivity contribution is 5.76. The Balaban J connectivity index is 1.46. The molecule has 1 amide bonds. The summed E-state index contributed by atoms with van der Waals surface area (Å²) in [5.41, 5.74) is 0.525. The summed E-state index contributed by atoms with van der Waals surface area (Å²) in [6.07, 6.45) is 3.18. The maximum atomic E-state index is 12.3. The Labute approximate surface area is 148 Å². The number of hydrogen-bond acceptors (Lipinski definition) is 5. The Morgan fingerprint density at radius 1 is 1.48 bits per heavy atom. The number of nitriles is 1. The van der Waals surface area contributed by atoms with Crippen molar-refractivity contribution in [2.24, 2.45) is 17.8 Å². The first kappa shape index (κ1) is 17.7. The molecule has 1 aromatic rings. The number of hydrogen-bond donors (Lipinski definition) is 0. The summed E-state index contributed by atoms with van der Waals surface area (Å²) >= 11 is 0. The van der Waals surface area contributed by atoms with Crippen LogP contribution < -0.4 is 4.74 Å². The zero-order valence-electron chi connectivity index (χ0n) is 14.9. The van der Waals surface area contributed by atoms with Gasteiger partial charge in [-0.2, -0.15) is 5.26 Å². The molecule has 6 nitrogen and oxygen atoms in total. The zero-order chi connectivity index (χ0) is 17.8. The van der Waals surface area contributed by atoms with Gasteiger partial charge in [-0.25, -0.2) is 4.98 Å². The molecule has 1 aromatic heterocycles. The van der Waals surface area contributed by atoms with Crippen molar-refractivity contribution in [1.82, 2.24) is 9.88 Å². The molecular weight excluding hydrogens is 318 g/mol. The van der Waals surface area contributed by atoms with Crippen LogP contribution in [0.1, 0.15) is 32.3 Å². The van der Waals surface area contributed by atoms with Gasteiger partial charge in [0.15, 0.2) is 0 Å². The Hall–Kier alpha value is -2.13. The van der Waals surface area contributed by atoms with Gasteiger partial charge in [0, 0.05) is 37.7 Å². The van der Waals surface area contributed by atoms with Crippen LogP contribution in [-0.2, 0) is 9.53 Å². The molecule has 3 atom stereocenters. The normalized spacial score (nSPS) is 25.0. The van der Waals surface area contributed by atoms with E-state index in [1.165, 1.54) is 6.20 Å². The van der Waals surface area contributed by atoms with Gasteiger partial charge in [0.1, 0.15) is 6.07 Å². The summed E-state index contributed by atoms with van der Waals surface area (Å²) in [6.45, 7) is 6.98. The molecule has 134 valence electrons. The molecule has 0 unspecified atom stereocenters. The Kier molecular flexibility index (Phi) is 5.54. The van der Waals surface area contributed by atoms with Crippen LogP contribution in [0.4, 0.5) is 0 Å². The van der Waals surface area contributed by atoms with E-state index in [0.717, 1.165) is 26.1 Å². The summed E-state index contributed by atoms with van der Waals surface area (Å²) in [7, 11) is 0. The number of amides is 1. The number of nitrogens with zero attached hydrogens (tertiary/aromatic N) is 3. The summed E-state index contributed by atoms with van der Waals surface area (Å²) in [5, 5.41) is 8.77. The lowest BCUT2D eigenvalue weighted by molar-refractivity contribution is -0.131. The third-order valence-electron chi connectivity index (χ3n) is 4.98. The van der Waals surface area contributed by atoms with Gasteiger partial charge in [-0.15, -0.1) is 0 Å². The van der Waals surface area contributed by atoms with Gasteiger partial charge in [0.05, 0.1) is 24.9 Å². The van der Waals surface area contributed by atoms with Crippen molar-refractivity contribution >= 4 is 5.91 Å². The smallest absolute Gasteiger partial charge is 0.222 e. The van der Waals surface area contributed by atoms with Crippen LogP contribution in [0.15, 0.2) is 18.3 Å². The lowest BCUT2D eigenvalue weighted by Crippen LogP contribution is -2.32. The van der Waals surface area contributed by atoms with Crippen molar-refractivity contribution in [3.8, 4) is 11.9 Å². The van der Waals surface area contributed by atoms with Crippen LogP contribution in [0.2, 0.25) is 0 Å². The number of carbonyl (C=O) groups excluding carboxylic acids is 1. The minimum atomic E-state index is 0.175. The summed E-state index contributed by atoms with van der Waals surface area (Å²) in [4.78, 5) is 18.3. The molecule has 6 heteroatoms. The molecule has 0 bridgehead atoms. The quantitative estimate of drug-likeness (QED) is 0.792. The number of pyridine rings is 1. The van der Waals surface area contributed by atoms with Crippen LogP contribution in [0.25, 0.3) is 0 Å². The standard InChI is InChI=1S/C19H25N3O3/c1-13(2)7-19(23)22-10-16-15(12-25-17(16)11-22)5-6-24-18-4-3-14(8-20)9-21-18/h3-4,9,13,15-17H,5-7,10-12H2,1-2H3/t15-,16-,17-/m0/s1. The summed E-state index contributed by atoms with van der Waals surface area (Å²) < 4.78 is 11.6. The van der Waals surface area contributed by atoms with E-state index in [2.05, 4.69) is 18.8 Å². The van der Waals surface area contributed by atoms with Crippen molar-refractivity contribution in [3.63, 3.8) is 0 Å². The van der Waals surface area contributed by atoms with Crippen molar-refractivity contribution < 1.29 is 14.3 Å². The fourth-order valence-electron chi connectivity index (χ4n) is 3.62. The Bertz CT molecular complexity index is 638. The second-order valence-electron chi connectivity index (χ2n) is 7.33. The van der Waals surface area contributed by atoms with Gasteiger partial charge in [0.2, 0.25) is 11.8 Å². The van der Waals surface area contributed by atoms with Crippen LogP contribution >= 0.6 is 0 Å². The number of carbonyl (C=O) groups is 1. The molecule has 25 heavy (non-hydrogen) atoms. The lowest BCUT2D eigenvalue weighted by atomic mass is 9.91. The molecule has 0 aromatic carbocycles. The van der Waals surface area contributed by atoms with E-state index in [4.69, 9.17) is 14.7 Å². The highest BCUT2D eigenvalue weighted by Gasteiger charge is 2.44. The number of likely N-dealkylation sites (tertiary alicyclic amines) is 1. The zero-order valence-corrected chi connectivity index (χ0v) is 14.9. The minimum Gasteiger partial charge on any atom is -0.478 e. The third kappa shape index (κ3) is 4.29. The minimum absolute atomic E-state index is 0.175. The highest BCUT2D eigenvalue weighted by atomic mass is 16.5. The maximum Gasteiger partial charge on any atom is 0.222 e. The highest BCUT2D eigenvalue weighted by Crippen LogP contribution is 2.35. The molecule has 2 fully saturated rings. The van der Waals surface area contributed by atoms with Crippen molar-refractivity contribution in [3.05, 3.63) is 23.9 Å². The van der Waals surface area contributed by atoms with E-state index in [-0.39, 0.29) is 12.0 Å². The lowest BCUT2D eigenvalue weighted by Gasteiger charge is -2.20. The average Bonchev–Trinajstić information content (AvgIpc) is 3.16. The number of aromatic nitrogens is 1. The number of rotatable bonds is 6. The molecule has 0 aliphatic carbocycles. The van der Waals surface area contributed by atoms with E-state index in [0.29, 0.717) is 42.2 Å². The van der Waals surface area contributed by atoms with Gasteiger partial charge in [-0.1, -0.05) is 13.8 Å². The van der Waals surface area contributed by atoms with E-state index in [1.807, 2.05) is 11.0 Å². The van der Waals surface area contributed by atoms with Gasteiger partial charge < -0.3 is 14.4 Å². The van der Waals surface area contributed by atoms with Gasteiger partial charge in [-0.3, -0.25) is 4.79 Å². The largest absolute Gasteiger partial charge is 0.478 e. The van der Waals surface area contributed by atoms with Crippen LogP contribution in [0.5, 0.6) is 5.88 Å². The number of fused-ring (bicyclic) bond motifs is 1. The fraction of sp³-hybridized carbons (Fsp3) is 0.632. The van der Waals surface area contributed by atoms with Crippen LogP contribution in [-0.4, -0.2) is 48.2 Å². The second kappa shape index (κ2) is 7.83. The first-order valence-corrected chi connectivity index (χ1v) is 8.95. The SMILES string of the molecule is CC(C)CC(=O)N1C[C@H]2[C@@H](CCOc3ccc(C#N)cn3)CO[C@H]2C1. The number of ether oxygens (including phenoxy) is 2. The summed E-state index contributed by atoms with van der Waals surface area (Å²) in [6, 6.07) is 5.46. The van der Waals surface area contributed by atoms with E-state index >= 15 is 0 Å². The van der Waals surface area contributed by atoms with Gasteiger partial charge in [0.25, 0.3) is 0 Å². The van der Waals surface area contributed by atoms with Crippen LogP contribution in [0.3, 0.4) is 0 Å². The maximum absolute atomic E-state index is 12.3. The molecule has 2 saturated heterocycles. The second-order valence-corrected chi connectivity index (χ2v) is 7.33. The molecule has 3 rings (SSSR count). The molecule has 0 spiro atoms. The summed E-state index contributed by atoms with van der Waals surface area (Å²) in [5.74, 6) is 1.99. The topological polar surface area (TPSA) is 75.5 Å². The molecule has 2 aliphatic heterocycles. The van der Waals surface area contributed by atoms with Crippen molar-refractivity contribution in [2.45, 2.75) is 32.8 Å². The van der Waals surface area contributed by atoms with Gasteiger partial charge in [-0.05, 0) is 24.3 Å².